The lowest BCUT2D eigenvalue weighted by atomic mass is 10.0. The van der Waals surface area contributed by atoms with E-state index in [2.05, 4.69) is 4.72 Å². The number of aliphatic hydroxyl groups is 1. The Morgan fingerprint density at radius 2 is 2.00 bits per heavy atom. The summed E-state index contributed by atoms with van der Waals surface area (Å²) in [7, 11) is -3.63. The number of aliphatic hydroxyl groups excluding tert-OH is 1. The first kappa shape index (κ1) is 14.8. The molecule has 1 aliphatic rings. The topological polar surface area (TPSA) is 66.4 Å². The van der Waals surface area contributed by atoms with Gasteiger partial charge < -0.3 is 5.11 Å². The smallest absolute Gasteiger partial charge is 0.241 e. The van der Waals surface area contributed by atoms with Crippen LogP contribution >= 0.6 is 11.6 Å². The molecular weight excluding hydrogens is 286 g/mol. The summed E-state index contributed by atoms with van der Waals surface area (Å²) in [5.74, 6) is 0. The minimum atomic E-state index is -3.63. The van der Waals surface area contributed by atoms with E-state index >= 15 is 0 Å². The zero-order valence-corrected chi connectivity index (χ0v) is 12.4. The highest BCUT2D eigenvalue weighted by molar-refractivity contribution is 7.89. The summed E-state index contributed by atoms with van der Waals surface area (Å²) >= 11 is 5.84. The third-order valence-corrected chi connectivity index (χ3v) is 5.61. The number of benzene rings is 1. The van der Waals surface area contributed by atoms with Crippen molar-refractivity contribution >= 4 is 21.6 Å². The zero-order valence-electron chi connectivity index (χ0n) is 10.8. The molecule has 0 saturated heterocycles. The fraction of sp³-hybridized carbons (Fsp3) is 0.538. The molecule has 2 rings (SSSR count). The molecule has 2 N–H and O–H groups in total. The molecule has 1 saturated carbocycles. The van der Waals surface area contributed by atoms with Gasteiger partial charge in [0, 0.05) is 5.02 Å². The van der Waals surface area contributed by atoms with Gasteiger partial charge in [0.1, 0.15) is 0 Å². The number of rotatable bonds is 4. The third kappa shape index (κ3) is 3.11. The quantitative estimate of drug-likeness (QED) is 0.896. The second-order valence-corrected chi connectivity index (χ2v) is 7.25. The van der Waals surface area contributed by atoms with Crippen LogP contribution in [0, 0.1) is 6.92 Å². The van der Waals surface area contributed by atoms with E-state index < -0.39 is 15.6 Å². The largest absolute Gasteiger partial charge is 0.394 e. The van der Waals surface area contributed by atoms with E-state index in [1.807, 2.05) is 0 Å². The maximum absolute atomic E-state index is 12.4. The Kier molecular flexibility index (Phi) is 4.20. The second kappa shape index (κ2) is 5.40. The third-order valence-electron chi connectivity index (χ3n) is 3.64. The van der Waals surface area contributed by atoms with E-state index in [9.17, 15) is 13.5 Å². The summed E-state index contributed by atoms with van der Waals surface area (Å²) in [5.41, 5.74) is -0.101. The second-order valence-electron chi connectivity index (χ2n) is 5.16. The van der Waals surface area contributed by atoms with E-state index in [-0.39, 0.29) is 11.5 Å². The normalized spacial score (nSPS) is 18.7. The lowest BCUT2D eigenvalue weighted by Crippen LogP contribution is -2.49. The number of sulfonamides is 1. The lowest BCUT2D eigenvalue weighted by molar-refractivity contribution is 0.185. The van der Waals surface area contributed by atoms with Crippen LogP contribution in [0.5, 0.6) is 0 Å². The summed E-state index contributed by atoms with van der Waals surface area (Å²) in [4.78, 5) is 0.219. The predicted octanol–water partition coefficient (Wildman–Crippen LogP) is 2.23. The van der Waals surface area contributed by atoms with E-state index in [4.69, 9.17) is 11.6 Å². The lowest BCUT2D eigenvalue weighted by Gasteiger charge is -2.27. The molecule has 0 atom stereocenters. The highest BCUT2D eigenvalue weighted by Crippen LogP contribution is 2.31. The first-order valence-corrected chi connectivity index (χ1v) is 8.16. The Bertz CT molecular complexity index is 565. The van der Waals surface area contributed by atoms with Crippen LogP contribution in [0.15, 0.2) is 23.1 Å². The highest BCUT2D eigenvalue weighted by atomic mass is 35.5. The molecule has 1 aliphatic carbocycles. The van der Waals surface area contributed by atoms with Gasteiger partial charge in [-0.05, 0) is 43.5 Å². The van der Waals surface area contributed by atoms with Gasteiger partial charge in [-0.1, -0.05) is 24.4 Å². The van der Waals surface area contributed by atoms with Crippen molar-refractivity contribution in [1.29, 1.82) is 0 Å². The van der Waals surface area contributed by atoms with Crippen molar-refractivity contribution in [3.63, 3.8) is 0 Å². The molecule has 0 spiro atoms. The minimum absolute atomic E-state index is 0.168. The van der Waals surface area contributed by atoms with Gasteiger partial charge in [0.2, 0.25) is 10.0 Å². The maximum atomic E-state index is 12.4. The Morgan fingerprint density at radius 1 is 1.37 bits per heavy atom. The summed E-state index contributed by atoms with van der Waals surface area (Å²) < 4.78 is 27.5. The van der Waals surface area contributed by atoms with E-state index in [1.54, 1.807) is 19.1 Å². The number of nitrogens with one attached hydrogen (secondary N) is 1. The van der Waals surface area contributed by atoms with Crippen molar-refractivity contribution in [2.24, 2.45) is 0 Å². The number of hydrogen-bond acceptors (Lipinski definition) is 3. The predicted molar refractivity (Wildman–Crippen MR) is 74.8 cm³/mol. The van der Waals surface area contributed by atoms with Crippen LogP contribution in [0.4, 0.5) is 0 Å². The van der Waals surface area contributed by atoms with Gasteiger partial charge in [0.15, 0.2) is 0 Å². The first-order valence-electron chi connectivity index (χ1n) is 6.30. The van der Waals surface area contributed by atoms with E-state index in [1.165, 1.54) is 6.07 Å². The van der Waals surface area contributed by atoms with Gasteiger partial charge >= 0.3 is 0 Å². The van der Waals surface area contributed by atoms with Crippen molar-refractivity contribution in [3.05, 3.63) is 28.8 Å². The molecule has 0 amide bonds. The fourth-order valence-corrected chi connectivity index (χ4v) is 4.50. The van der Waals surface area contributed by atoms with Gasteiger partial charge in [-0.25, -0.2) is 13.1 Å². The summed E-state index contributed by atoms with van der Waals surface area (Å²) in [6.07, 6.45) is 3.22. The first-order chi connectivity index (χ1) is 8.88. The standard InChI is InChI=1S/C13H18ClNO3S/c1-10-8-11(14)4-5-12(10)19(17,18)15-13(9-16)6-2-3-7-13/h4-5,8,15-16H,2-3,6-7,9H2,1H3. The van der Waals surface area contributed by atoms with Crippen molar-refractivity contribution in [2.45, 2.75) is 43.0 Å². The summed E-state index contributed by atoms with van der Waals surface area (Å²) in [5, 5.41) is 10.0. The Balaban J connectivity index is 2.32. The molecule has 1 aromatic carbocycles. The summed E-state index contributed by atoms with van der Waals surface area (Å²) in [6.45, 7) is 1.54. The van der Waals surface area contributed by atoms with Crippen molar-refractivity contribution < 1.29 is 13.5 Å². The highest BCUT2D eigenvalue weighted by Gasteiger charge is 2.37. The molecule has 0 aliphatic heterocycles. The van der Waals surface area contributed by atoms with Gasteiger partial charge in [-0.2, -0.15) is 0 Å². The van der Waals surface area contributed by atoms with Gasteiger partial charge in [0.05, 0.1) is 17.0 Å². The molecule has 106 valence electrons. The molecule has 19 heavy (non-hydrogen) atoms. The number of halogens is 1. The SMILES string of the molecule is Cc1cc(Cl)ccc1S(=O)(=O)NC1(CO)CCCC1. The number of aryl methyl sites for hydroxylation is 1. The van der Waals surface area contributed by atoms with Crippen LogP contribution in [0.25, 0.3) is 0 Å². The minimum Gasteiger partial charge on any atom is -0.394 e. The molecule has 6 heteroatoms. The monoisotopic (exact) mass is 303 g/mol. The Morgan fingerprint density at radius 3 is 2.53 bits per heavy atom. The zero-order chi connectivity index (χ0) is 14.1. The van der Waals surface area contributed by atoms with Crippen LogP contribution in [0.2, 0.25) is 5.02 Å². The average molecular weight is 304 g/mol. The molecule has 1 aromatic rings. The van der Waals surface area contributed by atoms with Gasteiger partial charge in [-0.3, -0.25) is 0 Å². The molecule has 0 radical (unpaired) electrons. The number of hydrogen-bond donors (Lipinski definition) is 2. The van der Waals surface area contributed by atoms with Gasteiger partial charge in [0.25, 0.3) is 0 Å². The van der Waals surface area contributed by atoms with Crippen LogP contribution in [-0.2, 0) is 10.0 Å². The molecule has 1 fully saturated rings. The fourth-order valence-electron chi connectivity index (χ4n) is 2.60. The van der Waals surface area contributed by atoms with Crippen LogP contribution in [0.3, 0.4) is 0 Å². The van der Waals surface area contributed by atoms with Crippen LogP contribution in [-0.4, -0.2) is 25.7 Å². The van der Waals surface area contributed by atoms with E-state index in [0.717, 1.165) is 12.8 Å². The van der Waals surface area contributed by atoms with Crippen molar-refractivity contribution in [2.75, 3.05) is 6.61 Å². The molecule has 0 heterocycles. The van der Waals surface area contributed by atoms with Crippen LogP contribution in [0.1, 0.15) is 31.2 Å². The summed E-state index contributed by atoms with van der Waals surface area (Å²) in [6, 6.07) is 4.68. The molecule has 0 bridgehead atoms. The van der Waals surface area contributed by atoms with Gasteiger partial charge in [-0.15, -0.1) is 0 Å². The van der Waals surface area contributed by atoms with Crippen LogP contribution < -0.4 is 4.72 Å². The van der Waals surface area contributed by atoms with Crippen molar-refractivity contribution in [3.8, 4) is 0 Å². The molecule has 4 nitrogen and oxygen atoms in total. The van der Waals surface area contributed by atoms with E-state index in [0.29, 0.717) is 23.4 Å². The average Bonchev–Trinajstić information content (AvgIpc) is 2.77. The molecule has 0 unspecified atom stereocenters. The maximum Gasteiger partial charge on any atom is 0.241 e. The molecule has 0 aromatic heterocycles. The molecular formula is C13H18ClNO3S. The van der Waals surface area contributed by atoms with Crippen molar-refractivity contribution in [1.82, 2.24) is 4.72 Å². The Labute approximate surface area is 118 Å². The Hall–Kier alpha value is -0.620.